The highest BCUT2D eigenvalue weighted by Gasteiger charge is 2.03. The zero-order chi connectivity index (χ0) is 12.3. The predicted molar refractivity (Wildman–Crippen MR) is 68.8 cm³/mol. The van der Waals surface area contributed by atoms with Crippen molar-refractivity contribution in [1.82, 2.24) is 4.98 Å². The van der Waals surface area contributed by atoms with Gasteiger partial charge in [-0.05, 0) is 24.6 Å². The number of aryl methyl sites for hydroxylation is 2. The quantitative estimate of drug-likeness (QED) is 0.794. The highest BCUT2D eigenvalue weighted by molar-refractivity contribution is 5.66. The highest BCUT2D eigenvalue weighted by Crippen LogP contribution is 2.20. The van der Waals surface area contributed by atoms with Crippen LogP contribution in [-0.4, -0.2) is 4.98 Å². The van der Waals surface area contributed by atoms with E-state index in [-0.39, 0.29) is 0 Å². The van der Waals surface area contributed by atoms with Crippen molar-refractivity contribution in [3.05, 3.63) is 41.6 Å². The molecular formula is C13H17N3O. The van der Waals surface area contributed by atoms with E-state index in [1.165, 1.54) is 0 Å². The first-order valence-electron chi connectivity index (χ1n) is 5.72. The van der Waals surface area contributed by atoms with Crippen LogP contribution in [0.1, 0.15) is 24.1 Å². The van der Waals surface area contributed by atoms with Gasteiger partial charge in [-0.2, -0.15) is 0 Å². The van der Waals surface area contributed by atoms with Gasteiger partial charge in [0.25, 0.3) is 0 Å². The lowest BCUT2D eigenvalue weighted by atomic mass is 10.2. The van der Waals surface area contributed by atoms with Gasteiger partial charge in [0.1, 0.15) is 5.76 Å². The molecule has 1 aromatic carbocycles. The van der Waals surface area contributed by atoms with Crippen LogP contribution in [-0.2, 0) is 13.0 Å². The second-order valence-corrected chi connectivity index (χ2v) is 4.02. The molecule has 0 fully saturated rings. The smallest absolute Gasteiger partial charge is 0.213 e. The zero-order valence-corrected chi connectivity index (χ0v) is 10.2. The molecule has 0 unspecified atom stereocenters. The predicted octanol–water partition coefficient (Wildman–Crippen LogP) is 2.74. The van der Waals surface area contributed by atoms with Crippen LogP contribution in [0.15, 0.2) is 28.8 Å². The number of benzene rings is 1. The molecule has 0 amide bonds. The average Bonchev–Trinajstić information content (AvgIpc) is 2.76. The Kier molecular flexibility index (Phi) is 3.32. The van der Waals surface area contributed by atoms with Gasteiger partial charge in [0.15, 0.2) is 0 Å². The molecule has 17 heavy (non-hydrogen) atoms. The summed E-state index contributed by atoms with van der Waals surface area (Å²) in [5.41, 5.74) is 8.71. The number of anilines is 2. The molecule has 0 saturated heterocycles. The molecule has 0 atom stereocenters. The van der Waals surface area contributed by atoms with E-state index in [9.17, 15) is 0 Å². The summed E-state index contributed by atoms with van der Waals surface area (Å²) in [5, 5.41) is 3.21. The van der Waals surface area contributed by atoms with Gasteiger partial charge in [0.2, 0.25) is 5.89 Å². The van der Waals surface area contributed by atoms with Crippen molar-refractivity contribution in [2.24, 2.45) is 0 Å². The Bertz CT molecular complexity index is 505. The van der Waals surface area contributed by atoms with Crippen LogP contribution in [0, 0.1) is 6.92 Å². The number of nitrogens with two attached hydrogens (primary N) is 1. The molecule has 2 rings (SSSR count). The number of hydrogen-bond donors (Lipinski definition) is 2. The maximum absolute atomic E-state index is 5.90. The summed E-state index contributed by atoms with van der Waals surface area (Å²) in [5.74, 6) is 1.58. The fraction of sp³-hybridized carbons (Fsp3) is 0.308. The van der Waals surface area contributed by atoms with Crippen molar-refractivity contribution >= 4 is 11.4 Å². The van der Waals surface area contributed by atoms with Gasteiger partial charge in [-0.3, -0.25) is 0 Å². The van der Waals surface area contributed by atoms with E-state index in [1.54, 1.807) is 6.20 Å². The SMILES string of the molecule is CCc1cnc(CNc2ccc(C)cc2N)o1. The van der Waals surface area contributed by atoms with Gasteiger partial charge in [-0.1, -0.05) is 13.0 Å². The Hall–Kier alpha value is -1.97. The minimum Gasteiger partial charge on any atom is -0.444 e. The van der Waals surface area contributed by atoms with Crippen LogP contribution in [0.3, 0.4) is 0 Å². The fourth-order valence-corrected chi connectivity index (χ4v) is 1.61. The van der Waals surface area contributed by atoms with E-state index in [0.717, 1.165) is 29.1 Å². The lowest BCUT2D eigenvalue weighted by molar-refractivity contribution is 0.466. The molecule has 0 bridgehead atoms. The molecule has 0 saturated carbocycles. The molecule has 0 aliphatic heterocycles. The summed E-state index contributed by atoms with van der Waals surface area (Å²) in [6.07, 6.45) is 2.62. The van der Waals surface area contributed by atoms with Crippen LogP contribution < -0.4 is 11.1 Å². The molecule has 4 heteroatoms. The Balaban J connectivity index is 2.02. The van der Waals surface area contributed by atoms with Gasteiger partial charge in [-0.15, -0.1) is 0 Å². The Morgan fingerprint density at radius 1 is 1.41 bits per heavy atom. The van der Waals surface area contributed by atoms with Crippen molar-refractivity contribution < 1.29 is 4.42 Å². The van der Waals surface area contributed by atoms with Gasteiger partial charge in [0.05, 0.1) is 24.1 Å². The standard InChI is InChI=1S/C13H17N3O/c1-3-10-7-16-13(17-10)8-15-12-5-4-9(2)6-11(12)14/h4-7,15H,3,8,14H2,1-2H3. The molecular weight excluding hydrogens is 214 g/mol. The van der Waals surface area contributed by atoms with Crippen molar-refractivity contribution in [1.29, 1.82) is 0 Å². The fourth-order valence-electron chi connectivity index (χ4n) is 1.61. The van der Waals surface area contributed by atoms with E-state index in [4.69, 9.17) is 10.2 Å². The van der Waals surface area contributed by atoms with Crippen molar-refractivity contribution in [2.75, 3.05) is 11.1 Å². The van der Waals surface area contributed by atoms with E-state index in [2.05, 4.69) is 10.3 Å². The minimum atomic E-state index is 0.549. The number of aromatic nitrogens is 1. The monoisotopic (exact) mass is 231 g/mol. The van der Waals surface area contributed by atoms with Gasteiger partial charge in [-0.25, -0.2) is 4.98 Å². The second-order valence-electron chi connectivity index (χ2n) is 4.02. The third-order valence-electron chi connectivity index (χ3n) is 2.59. The van der Waals surface area contributed by atoms with Crippen LogP contribution in [0.4, 0.5) is 11.4 Å². The number of oxazole rings is 1. The van der Waals surface area contributed by atoms with Crippen molar-refractivity contribution in [3.8, 4) is 0 Å². The summed E-state index contributed by atoms with van der Waals surface area (Å²) < 4.78 is 5.50. The molecule has 90 valence electrons. The van der Waals surface area contributed by atoms with Crippen molar-refractivity contribution in [2.45, 2.75) is 26.8 Å². The number of rotatable bonds is 4. The molecule has 2 aromatic rings. The van der Waals surface area contributed by atoms with Gasteiger partial charge in [0, 0.05) is 6.42 Å². The van der Waals surface area contributed by atoms with Crippen molar-refractivity contribution in [3.63, 3.8) is 0 Å². The molecule has 0 spiro atoms. The molecule has 1 aromatic heterocycles. The molecule has 1 heterocycles. The minimum absolute atomic E-state index is 0.549. The summed E-state index contributed by atoms with van der Waals surface area (Å²) in [6.45, 7) is 4.60. The second kappa shape index (κ2) is 4.91. The Labute approximate surface area is 101 Å². The van der Waals surface area contributed by atoms with E-state index in [0.29, 0.717) is 12.4 Å². The van der Waals surface area contributed by atoms with Crippen LogP contribution in [0.25, 0.3) is 0 Å². The van der Waals surface area contributed by atoms with Crippen LogP contribution in [0.2, 0.25) is 0 Å². The normalized spacial score (nSPS) is 10.5. The number of hydrogen-bond acceptors (Lipinski definition) is 4. The Morgan fingerprint density at radius 2 is 2.24 bits per heavy atom. The summed E-state index contributed by atoms with van der Waals surface area (Å²) >= 11 is 0. The highest BCUT2D eigenvalue weighted by atomic mass is 16.4. The van der Waals surface area contributed by atoms with Crippen LogP contribution >= 0.6 is 0 Å². The zero-order valence-electron chi connectivity index (χ0n) is 10.2. The Morgan fingerprint density at radius 3 is 2.88 bits per heavy atom. The third kappa shape index (κ3) is 2.78. The summed E-state index contributed by atoms with van der Waals surface area (Å²) in [6, 6.07) is 5.93. The van der Waals surface area contributed by atoms with Gasteiger partial charge < -0.3 is 15.5 Å². The molecule has 3 N–H and O–H groups in total. The van der Waals surface area contributed by atoms with Gasteiger partial charge >= 0.3 is 0 Å². The third-order valence-corrected chi connectivity index (χ3v) is 2.59. The summed E-state index contributed by atoms with van der Waals surface area (Å²) in [7, 11) is 0. The van der Waals surface area contributed by atoms with Crippen LogP contribution in [0.5, 0.6) is 0 Å². The average molecular weight is 231 g/mol. The number of nitrogens with one attached hydrogen (secondary N) is 1. The van der Waals surface area contributed by atoms with E-state index >= 15 is 0 Å². The lowest BCUT2D eigenvalue weighted by Crippen LogP contribution is -2.02. The summed E-state index contributed by atoms with van der Waals surface area (Å²) in [4.78, 5) is 4.18. The molecule has 4 nitrogen and oxygen atoms in total. The van der Waals surface area contributed by atoms with E-state index in [1.807, 2.05) is 32.0 Å². The molecule has 0 radical (unpaired) electrons. The van der Waals surface area contributed by atoms with E-state index < -0.39 is 0 Å². The molecule has 0 aliphatic carbocycles. The maximum Gasteiger partial charge on any atom is 0.213 e. The topological polar surface area (TPSA) is 64.1 Å². The number of nitrogen functional groups attached to an aromatic ring is 1. The maximum atomic E-state index is 5.90. The first-order valence-corrected chi connectivity index (χ1v) is 5.72. The molecule has 0 aliphatic rings. The largest absolute Gasteiger partial charge is 0.444 e. The first kappa shape index (κ1) is 11.5. The lowest BCUT2D eigenvalue weighted by Gasteiger charge is -2.07. The first-order chi connectivity index (χ1) is 8.19. The number of nitrogens with zero attached hydrogens (tertiary/aromatic N) is 1.